The molecule has 0 aliphatic carbocycles. The summed E-state index contributed by atoms with van der Waals surface area (Å²) >= 11 is 0. The van der Waals surface area contributed by atoms with E-state index in [0.717, 1.165) is 11.1 Å². The Balaban J connectivity index is 1.99. The van der Waals surface area contributed by atoms with Crippen molar-refractivity contribution in [2.24, 2.45) is 11.5 Å². The van der Waals surface area contributed by atoms with Gasteiger partial charge in [0, 0.05) is 13.1 Å². The van der Waals surface area contributed by atoms with Gasteiger partial charge in [0.1, 0.15) is 0 Å². The first-order chi connectivity index (χ1) is 17.1. The Morgan fingerprint density at radius 3 is 1.14 bits per heavy atom. The molecule has 0 saturated carbocycles. The molecule has 0 fully saturated rings. The van der Waals surface area contributed by atoms with E-state index in [4.69, 9.17) is 11.5 Å². The Kier molecular flexibility index (Phi) is 9.13. The molecule has 0 unspecified atom stereocenters. The maximum absolute atomic E-state index is 13.4. The number of nitrogens with two attached hydrogens (primary N) is 2. The van der Waals surface area contributed by atoms with Crippen LogP contribution in [0.15, 0.2) is 82.6 Å². The smallest absolute Gasteiger partial charge is 0.264 e. The summed E-state index contributed by atoms with van der Waals surface area (Å²) in [6.07, 6.45) is 0.939. The molecule has 0 aliphatic heterocycles. The van der Waals surface area contributed by atoms with Gasteiger partial charge in [0.15, 0.2) is 0 Å². The first-order valence-electron chi connectivity index (χ1n) is 11.8. The molecular formula is C26H34N4O4S2. The number of hydrogen-bond acceptors (Lipinski definition) is 6. The summed E-state index contributed by atoms with van der Waals surface area (Å²) in [6.45, 7) is 4.85. The molecule has 0 aliphatic rings. The third-order valence-corrected chi connectivity index (χ3v) is 9.46. The topological polar surface area (TPSA) is 127 Å². The Morgan fingerprint density at radius 1 is 0.556 bits per heavy atom. The molecule has 3 aromatic carbocycles. The van der Waals surface area contributed by atoms with Crippen molar-refractivity contribution in [3.05, 3.63) is 83.9 Å². The van der Waals surface area contributed by atoms with E-state index in [1.54, 1.807) is 72.8 Å². The van der Waals surface area contributed by atoms with Crippen LogP contribution >= 0.6 is 0 Å². The molecule has 0 aromatic heterocycles. The lowest BCUT2D eigenvalue weighted by atomic mass is 10.2. The van der Waals surface area contributed by atoms with Crippen molar-refractivity contribution in [2.45, 2.75) is 36.5 Å². The highest BCUT2D eigenvalue weighted by atomic mass is 32.2. The van der Waals surface area contributed by atoms with Gasteiger partial charge in [-0.1, -0.05) is 35.4 Å². The molecule has 36 heavy (non-hydrogen) atoms. The van der Waals surface area contributed by atoms with E-state index in [-0.39, 0.29) is 22.9 Å². The summed E-state index contributed by atoms with van der Waals surface area (Å²) in [5, 5.41) is 0. The molecule has 0 spiro atoms. The van der Waals surface area contributed by atoms with Crippen LogP contribution in [0.2, 0.25) is 0 Å². The molecule has 0 amide bonds. The van der Waals surface area contributed by atoms with Crippen LogP contribution in [-0.2, 0) is 20.0 Å². The standard InChI is InChI=1S/C26H34N4O4S2/c1-21-5-13-25(14-6-21)35(31,32)29(19-3-17-27)23-9-11-24(12-10-23)30(20-4-18-28)36(33,34)26-15-7-22(2)8-16-26/h5-16H,3-4,17-20,27-28H2,1-2H3. The number of hydrogen-bond donors (Lipinski definition) is 2. The van der Waals surface area contributed by atoms with Gasteiger partial charge < -0.3 is 11.5 Å². The van der Waals surface area contributed by atoms with Gasteiger partial charge in [-0.25, -0.2) is 16.8 Å². The maximum Gasteiger partial charge on any atom is 0.264 e. The predicted octanol–water partition coefficient (Wildman–Crippen LogP) is 3.39. The Labute approximate surface area is 214 Å². The molecule has 194 valence electrons. The molecular weight excluding hydrogens is 496 g/mol. The van der Waals surface area contributed by atoms with Gasteiger partial charge in [-0.3, -0.25) is 8.61 Å². The zero-order chi connectivity index (χ0) is 26.3. The fourth-order valence-electron chi connectivity index (χ4n) is 3.71. The first-order valence-corrected chi connectivity index (χ1v) is 14.7. The molecule has 3 aromatic rings. The summed E-state index contributed by atoms with van der Waals surface area (Å²) < 4.78 is 56.4. The lowest BCUT2D eigenvalue weighted by Crippen LogP contribution is -2.34. The van der Waals surface area contributed by atoms with E-state index in [0.29, 0.717) is 37.3 Å². The van der Waals surface area contributed by atoms with Gasteiger partial charge in [-0.05, 0) is 88.3 Å². The zero-order valence-electron chi connectivity index (χ0n) is 20.7. The van der Waals surface area contributed by atoms with Crippen molar-refractivity contribution in [2.75, 3.05) is 34.8 Å². The van der Waals surface area contributed by atoms with Crippen LogP contribution in [0.1, 0.15) is 24.0 Å². The van der Waals surface area contributed by atoms with Crippen LogP contribution in [0.25, 0.3) is 0 Å². The first kappa shape index (κ1) is 27.7. The second-order valence-electron chi connectivity index (χ2n) is 8.58. The third-order valence-electron chi connectivity index (χ3n) is 5.77. The Bertz CT molecular complexity index is 1230. The van der Waals surface area contributed by atoms with Gasteiger partial charge in [0.05, 0.1) is 21.2 Å². The van der Waals surface area contributed by atoms with Gasteiger partial charge in [0.25, 0.3) is 20.0 Å². The van der Waals surface area contributed by atoms with Gasteiger partial charge >= 0.3 is 0 Å². The van der Waals surface area contributed by atoms with Crippen LogP contribution in [0.5, 0.6) is 0 Å². The number of anilines is 2. The Morgan fingerprint density at radius 2 is 0.861 bits per heavy atom. The van der Waals surface area contributed by atoms with Crippen molar-refractivity contribution in [3.8, 4) is 0 Å². The predicted molar refractivity (Wildman–Crippen MR) is 145 cm³/mol. The largest absolute Gasteiger partial charge is 0.330 e. The SMILES string of the molecule is Cc1ccc(S(=O)(=O)N(CCCN)c2ccc(N(CCCN)S(=O)(=O)c3ccc(C)cc3)cc2)cc1. The van der Waals surface area contributed by atoms with Crippen molar-refractivity contribution < 1.29 is 16.8 Å². The minimum absolute atomic E-state index is 0.181. The highest BCUT2D eigenvalue weighted by molar-refractivity contribution is 7.93. The van der Waals surface area contributed by atoms with Crippen LogP contribution in [0.4, 0.5) is 11.4 Å². The summed E-state index contributed by atoms with van der Waals surface area (Å²) in [5.41, 5.74) is 14.1. The van der Waals surface area contributed by atoms with Crippen molar-refractivity contribution in [3.63, 3.8) is 0 Å². The maximum atomic E-state index is 13.4. The summed E-state index contributed by atoms with van der Waals surface area (Å²) in [5.74, 6) is 0. The van der Waals surface area contributed by atoms with Crippen LogP contribution in [-0.4, -0.2) is 43.0 Å². The number of aryl methyl sites for hydroxylation is 2. The summed E-state index contributed by atoms with van der Waals surface area (Å²) in [6, 6.07) is 19.8. The number of sulfonamides is 2. The highest BCUT2D eigenvalue weighted by Gasteiger charge is 2.27. The van der Waals surface area contributed by atoms with Crippen LogP contribution in [0.3, 0.4) is 0 Å². The molecule has 4 N–H and O–H groups in total. The summed E-state index contributed by atoms with van der Waals surface area (Å²) in [4.78, 5) is 0.362. The van der Waals surface area contributed by atoms with E-state index in [2.05, 4.69) is 0 Å². The lowest BCUT2D eigenvalue weighted by Gasteiger charge is -2.27. The minimum atomic E-state index is -3.84. The monoisotopic (exact) mass is 530 g/mol. The number of nitrogens with zero attached hydrogens (tertiary/aromatic N) is 2. The molecule has 3 rings (SSSR count). The molecule has 0 heterocycles. The molecule has 0 atom stereocenters. The van der Waals surface area contributed by atoms with Gasteiger partial charge in [-0.15, -0.1) is 0 Å². The molecule has 0 radical (unpaired) electrons. The van der Waals surface area contributed by atoms with Crippen molar-refractivity contribution in [1.82, 2.24) is 0 Å². The Hall–Kier alpha value is -2.92. The molecule has 0 saturated heterocycles. The second-order valence-corrected chi connectivity index (χ2v) is 12.3. The van der Waals surface area contributed by atoms with Crippen molar-refractivity contribution >= 4 is 31.4 Å². The minimum Gasteiger partial charge on any atom is -0.330 e. The fourth-order valence-corrected chi connectivity index (χ4v) is 6.71. The van der Waals surface area contributed by atoms with E-state index in [1.807, 2.05) is 13.8 Å². The number of benzene rings is 3. The van der Waals surface area contributed by atoms with Crippen LogP contribution in [0, 0.1) is 13.8 Å². The van der Waals surface area contributed by atoms with Gasteiger partial charge in [0.2, 0.25) is 0 Å². The van der Waals surface area contributed by atoms with E-state index in [1.165, 1.54) is 8.61 Å². The quantitative estimate of drug-likeness (QED) is 0.370. The summed E-state index contributed by atoms with van der Waals surface area (Å²) in [7, 11) is -7.67. The molecule has 0 bridgehead atoms. The zero-order valence-corrected chi connectivity index (χ0v) is 22.3. The van der Waals surface area contributed by atoms with E-state index < -0.39 is 20.0 Å². The van der Waals surface area contributed by atoms with Crippen LogP contribution < -0.4 is 20.1 Å². The highest BCUT2D eigenvalue weighted by Crippen LogP contribution is 2.29. The van der Waals surface area contributed by atoms with E-state index >= 15 is 0 Å². The van der Waals surface area contributed by atoms with E-state index in [9.17, 15) is 16.8 Å². The number of rotatable bonds is 12. The third kappa shape index (κ3) is 6.25. The molecule has 10 heteroatoms. The normalized spacial score (nSPS) is 11.9. The average Bonchev–Trinajstić information content (AvgIpc) is 2.85. The fraction of sp³-hybridized carbons (Fsp3) is 0.308. The molecule has 8 nitrogen and oxygen atoms in total. The second kappa shape index (κ2) is 11.9. The van der Waals surface area contributed by atoms with Gasteiger partial charge in [-0.2, -0.15) is 0 Å². The van der Waals surface area contributed by atoms with Crippen molar-refractivity contribution in [1.29, 1.82) is 0 Å². The average molecular weight is 531 g/mol. The lowest BCUT2D eigenvalue weighted by molar-refractivity contribution is 0.587.